The molecule has 9 heteroatoms. The molecule has 0 radical (unpaired) electrons. The zero-order valence-electron chi connectivity index (χ0n) is 17.3. The predicted molar refractivity (Wildman–Crippen MR) is 115 cm³/mol. The van der Waals surface area contributed by atoms with Gasteiger partial charge in [-0.1, -0.05) is 15.9 Å². The Balaban J connectivity index is 1.87. The minimum atomic E-state index is -0.809. The van der Waals surface area contributed by atoms with E-state index in [0.29, 0.717) is 33.9 Å². The summed E-state index contributed by atoms with van der Waals surface area (Å²) in [6, 6.07) is 10.3. The van der Waals surface area contributed by atoms with E-state index in [4.69, 9.17) is 18.9 Å². The molecule has 0 fully saturated rings. The third kappa shape index (κ3) is 6.55. The lowest BCUT2D eigenvalue weighted by Crippen LogP contribution is -2.47. The summed E-state index contributed by atoms with van der Waals surface area (Å²) in [7, 11) is 3.05. The standard InChI is InChI=1S/C21H25BrN2O6/c1-5-29-15-6-8-16(9-7-15)30-13(2)21(26)24-23-20(25)11-14-10-18(27-3)19(28-4)12-17(14)22/h6-10,12-13H,5,11H2,1-4H3,(H,23,25)(H,24,26). The van der Waals surface area contributed by atoms with Crippen LogP contribution in [0.15, 0.2) is 40.9 Å². The van der Waals surface area contributed by atoms with Gasteiger partial charge < -0.3 is 18.9 Å². The van der Waals surface area contributed by atoms with Crippen molar-refractivity contribution in [2.45, 2.75) is 26.4 Å². The highest BCUT2D eigenvalue weighted by Crippen LogP contribution is 2.33. The van der Waals surface area contributed by atoms with Crippen molar-refractivity contribution in [3.05, 3.63) is 46.4 Å². The number of amides is 2. The SMILES string of the molecule is CCOc1ccc(OC(C)C(=O)NNC(=O)Cc2cc(OC)c(OC)cc2Br)cc1. The molecule has 30 heavy (non-hydrogen) atoms. The maximum absolute atomic E-state index is 12.2. The molecular formula is C21H25BrN2O6. The van der Waals surface area contributed by atoms with E-state index in [1.54, 1.807) is 43.3 Å². The minimum Gasteiger partial charge on any atom is -0.494 e. The summed E-state index contributed by atoms with van der Waals surface area (Å²) >= 11 is 3.40. The molecule has 0 saturated heterocycles. The lowest BCUT2D eigenvalue weighted by Gasteiger charge is -2.16. The highest BCUT2D eigenvalue weighted by Gasteiger charge is 2.17. The van der Waals surface area contributed by atoms with Crippen molar-refractivity contribution < 1.29 is 28.5 Å². The number of hydrogen-bond acceptors (Lipinski definition) is 6. The van der Waals surface area contributed by atoms with E-state index in [2.05, 4.69) is 26.8 Å². The van der Waals surface area contributed by atoms with Gasteiger partial charge >= 0.3 is 0 Å². The van der Waals surface area contributed by atoms with E-state index in [9.17, 15) is 9.59 Å². The number of benzene rings is 2. The van der Waals surface area contributed by atoms with Gasteiger partial charge in [-0.25, -0.2) is 0 Å². The zero-order chi connectivity index (χ0) is 22.1. The molecule has 2 aromatic rings. The average Bonchev–Trinajstić information content (AvgIpc) is 2.74. The second kappa shape index (κ2) is 11.3. The number of halogens is 1. The molecule has 0 aliphatic carbocycles. The summed E-state index contributed by atoms with van der Waals surface area (Å²) < 4.78 is 22.1. The van der Waals surface area contributed by atoms with Crippen molar-refractivity contribution in [3.63, 3.8) is 0 Å². The van der Waals surface area contributed by atoms with Crippen LogP contribution < -0.4 is 29.8 Å². The molecule has 0 spiro atoms. The normalized spacial score (nSPS) is 11.2. The molecule has 2 aromatic carbocycles. The van der Waals surface area contributed by atoms with Crippen LogP contribution in [0.1, 0.15) is 19.4 Å². The Kier molecular flexibility index (Phi) is 8.79. The van der Waals surface area contributed by atoms with Gasteiger partial charge in [-0.2, -0.15) is 0 Å². The first-order valence-electron chi connectivity index (χ1n) is 9.26. The number of hydrazine groups is 1. The fourth-order valence-corrected chi connectivity index (χ4v) is 2.98. The van der Waals surface area contributed by atoms with Gasteiger partial charge in [0.2, 0.25) is 5.91 Å². The predicted octanol–water partition coefficient (Wildman–Crippen LogP) is 3.02. The largest absolute Gasteiger partial charge is 0.494 e. The maximum Gasteiger partial charge on any atom is 0.279 e. The first kappa shape index (κ1) is 23.3. The molecule has 162 valence electrons. The van der Waals surface area contributed by atoms with Crippen molar-refractivity contribution in [2.75, 3.05) is 20.8 Å². The van der Waals surface area contributed by atoms with Crippen LogP contribution in [0.25, 0.3) is 0 Å². The van der Waals surface area contributed by atoms with Gasteiger partial charge in [0.15, 0.2) is 17.6 Å². The zero-order valence-corrected chi connectivity index (χ0v) is 18.9. The average molecular weight is 481 g/mol. The molecule has 0 aromatic heterocycles. The van der Waals surface area contributed by atoms with Crippen LogP contribution in [0, 0.1) is 0 Å². The van der Waals surface area contributed by atoms with E-state index in [1.165, 1.54) is 14.2 Å². The Bertz CT molecular complexity index is 873. The summed E-state index contributed by atoms with van der Waals surface area (Å²) in [5, 5.41) is 0. The Morgan fingerprint density at radius 3 is 2.20 bits per heavy atom. The maximum atomic E-state index is 12.2. The van der Waals surface area contributed by atoms with Crippen molar-refractivity contribution >= 4 is 27.7 Å². The number of ether oxygens (including phenoxy) is 4. The molecule has 0 bridgehead atoms. The molecule has 0 heterocycles. The molecule has 0 aliphatic heterocycles. The third-order valence-corrected chi connectivity index (χ3v) is 4.78. The Morgan fingerprint density at radius 1 is 1.00 bits per heavy atom. The molecular weight excluding hydrogens is 456 g/mol. The number of carbonyl (C=O) groups excluding carboxylic acids is 2. The molecule has 1 atom stereocenters. The second-order valence-corrected chi connectivity index (χ2v) is 7.03. The minimum absolute atomic E-state index is 0.0232. The summed E-state index contributed by atoms with van der Waals surface area (Å²) in [5.41, 5.74) is 5.43. The van der Waals surface area contributed by atoms with E-state index in [-0.39, 0.29) is 6.42 Å². The molecule has 2 rings (SSSR count). The van der Waals surface area contributed by atoms with Gasteiger partial charge in [0, 0.05) is 4.47 Å². The molecule has 0 aliphatic rings. The number of carbonyl (C=O) groups is 2. The fraction of sp³-hybridized carbons (Fsp3) is 0.333. The van der Waals surface area contributed by atoms with Gasteiger partial charge in [0.05, 0.1) is 27.2 Å². The first-order valence-corrected chi connectivity index (χ1v) is 10.1. The monoisotopic (exact) mass is 480 g/mol. The Hall–Kier alpha value is -2.94. The first-order chi connectivity index (χ1) is 14.4. The van der Waals surface area contributed by atoms with Crippen LogP contribution >= 0.6 is 15.9 Å². The molecule has 2 N–H and O–H groups in total. The van der Waals surface area contributed by atoms with Gasteiger partial charge in [-0.15, -0.1) is 0 Å². The summed E-state index contributed by atoms with van der Waals surface area (Å²) in [6.07, 6.45) is -0.786. The van der Waals surface area contributed by atoms with Gasteiger partial charge in [-0.3, -0.25) is 20.4 Å². The molecule has 0 saturated carbocycles. The van der Waals surface area contributed by atoms with Crippen molar-refractivity contribution in [1.82, 2.24) is 10.9 Å². The smallest absolute Gasteiger partial charge is 0.279 e. The van der Waals surface area contributed by atoms with Gasteiger partial charge in [0.25, 0.3) is 5.91 Å². The topological polar surface area (TPSA) is 95.1 Å². The van der Waals surface area contributed by atoms with E-state index < -0.39 is 17.9 Å². The van der Waals surface area contributed by atoms with Crippen molar-refractivity contribution in [3.8, 4) is 23.0 Å². The fourth-order valence-electron chi connectivity index (χ4n) is 2.52. The van der Waals surface area contributed by atoms with E-state index in [1.807, 2.05) is 6.92 Å². The molecule has 8 nitrogen and oxygen atoms in total. The van der Waals surface area contributed by atoms with Gasteiger partial charge in [-0.05, 0) is 55.8 Å². The highest BCUT2D eigenvalue weighted by atomic mass is 79.9. The second-order valence-electron chi connectivity index (χ2n) is 6.18. The van der Waals surface area contributed by atoms with E-state index in [0.717, 1.165) is 5.75 Å². The van der Waals surface area contributed by atoms with Crippen LogP contribution in [0.4, 0.5) is 0 Å². The number of rotatable bonds is 9. The van der Waals surface area contributed by atoms with Crippen LogP contribution in [-0.4, -0.2) is 38.7 Å². The van der Waals surface area contributed by atoms with Crippen LogP contribution in [0.5, 0.6) is 23.0 Å². The van der Waals surface area contributed by atoms with Crippen LogP contribution in [0.3, 0.4) is 0 Å². The summed E-state index contributed by atoms with van der Waals surface area (Å²) in [4.78, 5) is 24.4. The molecule has 1 unspecified atom stereocenters. The number of hydrogen-bond donors (Lipinski definition) is 2. The lowest BCUT2D eigenvalue weighted by molar-refractivity contribution is -0.132. The number of methoxy groups -OCH3 is 2. The Morgan fingerprint density at radius 2 is 1.60 bits per heavy atom. The molecule has 2 amide bonds. The van der Waals surface area contributed by atoms with Crippen LogP contribution in [0.2, 0.25) is 0 Å². The van der Waals surface area contributed by atoms with Crippen LogP contribution in [-0.2, 0) is 16.0 Å². The van der Waals surface area contributed by atoms with E-state index >= 15 is 0 Å². The van der Waals surface area contributed by atoms with Crippen molar-refractivity contribution in [2.24, 2.45) is 0 Å². The van der Waals surface area contributed by atoms with Gasteiger partial charge in [0.1, 0.15) is 11.5 Å². The highest BCUT2D eigenvalue weighted by molar-refractivity contribution is 9.10. The lowest BCUT2D eigenvalue weighted by atomic mass is 10.1. The summed E-state index contributed by atoms with van der Waals surface area (Å²) in [5.74, 6) is 1.40. The third-order valence-electron chi connectivity index (χ3n) is 4.05. The van der Waals surface area contributed by atoms with Crippen molar-refractivity contribution in [1.29, 1.82) is 0 Å². The quantitative estimate of drug-likeness (QED) is 0.535. The summed E-state index contributed by atoms with van der Waals surface area (Å²) in [6.45, 7) is 4.05. The number of nitrogens with one attached hydrogen (secondary N) is 2. The Labute approximate surface area is 183 Å².